The number of fused-ring (bicyclic) bond motifs is 1. The number of para-hydroxylation sites is 2. The molecule has 0 fully saturated rings. The van der Waals surface area contributed by atoms with E-state index in [9.17, 15) is 0 Å². The fourth-order valence-electron chi connectivity index (χ4n) is 2.01. The minimum atomic E-state index is -0.186. The minimum absolute atomic E-state index is 0.186. The highest BCUT2D eigenvalue weighted by molar-refractivity contribution is 6.31. The molecule has 1 heterocycles. The van der Waals surface area contributed by atoms with Crippen molar-refractivity contribution in [2.75, 3.05) is 13.2 Å². The van der Waals surface area contributed by atoms with Crippen molar-refractivity contribution in [3.63, 3.8) is 0 Å². The fraction of sp³-hybridized carbons (Fsp3) is 0.188. The van der Waals surface area contributed by atoms with Crippen LogP contribution >= 0.6 is 11.6 Å². The number of nitrogens with zero attached hydrogens (tertiary/aromatic N) is 1. The maximum atomic E-state index is 8.82. The quantitative estimate of drug-likeness (QED) is 0.871. The molecule has 2 aromatic rings. The zero-order chi connectivity index (χ0) is 14.7. The van der Waals surface area contributed by atoms with Gasteiger partial charge in [-0.3, -0.25) is 0 Å². The first kappa shape index (κ1) is 13.6. The van der Waals surface area contributed by atoms with Gasteiger partial charge in [-0.25, -0.2) is 0 Å². The molecule has 21 heavy (non-hydrogen) atoms. The highest BCUT2D eigenvalue weighted by atomic mass is 35.5. The monoisotopic (exact) mass is 301 g/mol. The number of hydrogen-bond donors (Lipinski definition) is 0. The van der Waals surface area contributed by atoms with E-state index in [1.807, 2.05) is 30.3 Å². The number of halogens is 1. The number of rotatable bonds is 3. The van der Waals surface area contributed by atoms with E-state index < -0.39 is 0 Å². The molecule has 2 aromatic carbocycles. The summed E-state index contributed by atoms with van der Waals surface area (Å²) in [5, 5.41) is 9.20. The molecule has 0 bridgehead atoms. The summed E-state index contributed by atoms with van der Waals surface area (Å²) < 4.78 is 17.0. The van der Waals surface area contributed by atoms with Crippen molar-refractivity contribution < 1.29 is 14.2 Å². The van der Waals surface area contributed by atoms with Crippen LogP contribution in [0.1, 0.15) is 5.56 Å². The molecule has 0 aromatic heterocycles. The topological polar surface area (TPSA) is 51.5 Å². The lowest BCUT2D eigenvalue weighted by Gasteiger charge is -2.26. The van der Waals surface area contributed by atoms with Gasteiger partial charge in [0, 0.05) is 6.07 Å². The Labute approximate surface area is 127 Å². The van der Waals surface area contributed by atoms with E-state index in [0.29, 0.717) is 29.5 Å². The highest BCUT2D eigenvalue weighted by Crippen LogP contribution is 2.31. The van der Waals surface area contributed by atoms with Gasteiger partial charge in [-0.15, -0.1) is 0 Å². The third-order valence-electron chi connectivity index (χ3n) is 3.06. The van der Waals surface area contributed by atoms with Gasteiger partial charge in [0.1, 0.15) is 25.0 Å². The molecule has 0 N–H and O–H groups in total. The molecular weight excluding hydrogens is 290 g/mol. The molecule has 1 aliphatic heterocycles. The van der Waals surface area contributed by atoms with Crippen molar-refractivity contribution in [1.29, 1.82) is 5.26 Å². The molecule has 1 aliphatic rings. The average molecular weight is 302 g/mol. The lowest BCUT2D eigenvalue weighted by atomic mass is 10.2. The molecule has 3 rings (SSSR count). The molecule has 0 amide bonds. The van der Waals surface area contributed by atoms with Gasteiger partial charge in [-0.2, -0.15) is 5.26 Å². The summed E-state index contributed by atoms with van der Waals surface area (Å²) in [5.41, 5.74) is 0.426. The van der Waals surface area contributed by atoms with E-state index in [2.05, 4.69) is 0 Å². The van der Waals surface area contributed by atoms with Gasteiger partial charge in [0.25, 0.3) is 0 Å². The zero-order valence-electron chi connectivity index (χ0n) is 11.1. The Hall–Kier alpha value is -2.38. The fourth-order valence-corrected chi connectivity index (χ4v) is 2.22. The molecule has 0 radical (unpaired) electrons. The Morgan fingerprint density at radius 3 is 2.81 bits per heavy atom. The van der Waals surface area contributed by atoms with Gasteiger partial charge in [-0.05, 0) is 24.3 Å². The lowest BCUT2D eigenvalue weighted by Crippen LogP contribution is -2.34. The molecule has 1 unspecified atom stereocenters. The minimum Gasteiger partial charge on any atom is -0.490 e. The van der Waals surface area contributed by atoms with Crippen LogP contribution in [0, 0.1) is 11.3 Å². The van der Waals surface area contributed by atoms with Gasteiger partial charge in [0.15, 0.2) is 17.6 Å². The van der Waals surface area contributed by atoms with Crippen LogP contribution in [-0.4, -0.2) is 19.3 Å². The van der Waals surface area contributed by atoms with Gasteiger partial charge in [0.2, 0.25) is 0 Å². The van der Waals surface area contributed by atoms with E-state index in [1.165, 1.54) is 0 Å². The molecule has 0 saturated carbocycles. The average Bonchev–Trinajstić information content (AvgIpc) is 2.53. The number of nitriles is 1. The molecule has 0 saturated heterocycles. The van der Waals surface area contributed by atoms with Crippen LogP contribution in [0.25, 0.3) is 0 Å². The van der Waals surface area contributed by atoms with Gasteiger partial charge in [0.05, 0.1) is 10.6 Å². The largest absolute Gasteiger partial charge is 0.490 e. The van der Waals surface area contributed by atoms with E-state index in [-0.39, 0.29) is 6.10 Å². The van der Waals surface area contributed by atoms with Crippen LogP contribution in [0.15, 0.2) is 42.5 Å². The SMILES string of the molecule is N#Cc1ccc(OCC2COc3ccccc3O2)cc1Cl. The number of ether oxygens (including phenoxy) is 3. The van der Waals surface area contributed by atoms with Crippen LogP contribution in [-0.2, 0) is 0 Å². The standard InChI is InChI=1S/C16H12ClNO3/c17-14-7-12(6-5-11(14)8-18)19-9-13-10-20-15-3-1-2-4-16(15)21-13/h1-7,13H,9-10H2. The molecule has 5 heteroatoms. The highest BCUT2D eigenvalue weighted by Gasteiger charge is 2.21. The number of benzene rings is 2. The molecule has 4 nitrogen and oxygen atoms in total. The third kappa shape index (κ3) is 3.04. The first-order chi connectivity index (χ1) is 10.3. The predicted octanol–water partition coefficient (Wildman–Crippen LogP) is 3.43. The van der Waals surface area contributed by atoms with Crippen molar-refractivity contribution in [3.8, 4) is 23.3 Å². The number of hydrogen-bond acceptors (Lipinski definition) is 4. The summed E-state index contributed by atoms with van der Waals surface area (Å²) in [4.78, 5) is 0. The van der Waals surface area contributed by atoms with Gasteiger partial charge >= 0.3 is 0 Å². The van der Waals surface area contributed by atoms with Gasteiger partial charge < -0.3 is 14.2 Å². The van der Waals surface area contributed by atoms with Crippen LogP contribution in [0.5, 0.6) is 17.2 Å². The molecule has 1 atom stereocenters. The van der Waals surface area contributed by atoms with Crippen molar-refractivity contribution in [2.45, 2.75) is 6.10 Å². The summed E-state index contributed by atoms with van der Waals surface area (Å²) in [7, 11) is 0. The maximum Gasteiger partial charge on any atom is 0.166 e. The smallest absolute Gasteiger partial charge is 0.166 e. The van der Waals surface area contributed by atoms with Crippen LogP contribution in [0.4, 0.5) is 0 Å². The summed E-state index contributed by atoms with van der Waals surface area (Å²) >= 11 is 5.96. The summed E-state index contributed by atoms with van der Waals surface area (Å²) in [5.74, 6) is 2.06. The van der Waals surface area contributed by atoms with Crippen LogP contribution in [0.3, 0.4) is 0 Å². The Morgan fingerprint density at radius 2 is 2.05 bits per heavy atom. The van der Waals surface area contributed by atoms with Crippen molar-refractivity contribution >= 4 is 11.6 Å². The van der Waals surface area contributed by atoms with Crippen molar-refractivity contribution in [2.24, 2.45) is 0 Å². The Morgan fingerprint density at radius 1 is 1.24 bits per heavy atom. The first-order valence-electron chi connectivity index (χ1n) is 6.47. The Balaban J connectivity index is 1.62. The maximum absolute atomic E-state index is 8.82. The summed E-state index contributed by atoms with van der Waals surface area (Å²) in [6, 6.07) is 14.5. The summed E-state index contributed by atoms with van der Waals surface area (Å²) in [6.45, 7) is 0.775. The van der Waals surface area contributed by atoms with Crippen LogP contribution in [0.2, 0.25) is 5.02 Å². The Kier molecular flexibility index (Phi) is 3.85. The molecule has 0 aliphatic carbocycles. The molecule has 106 valence electrons. The lowest BCUT2D eigenvalue weighted by molar-refractivity contribution is 0.0535. The third-order valence-corrected chi connectivity index (χ3v) is 3.38. The van der Waals surface area contributed by atoms with Gasteiger partial charge in [-0.1, -0.05) is 23.7 Å². The van der Waals surface area contributed by atoms with Crippen molar-refractivity contribution in [3.05, 3.63) is 53.1 Å². The normalized spacial score (nSPS) is 16.1. The second-order valence-electron chi connectivity index (χ2n) is 4.56. The molecular formula is C16H12ClNO3. The second-order valence-corrected chi connectivity index (χ2v) is 4.97. The summed E-state index contributed by atoms with van der Waals surface area (Å²) in [6.07, 6.45) is -0.186. The second kappa shape index (κ2) is 5.94. The zero-order valence-corrected chi connectivity index (χ0v) is 11.8. The van der Waals surface area contributed by atoms with Crippen LogP contribution < -0.4 is 14.2 Å². The van der Waals surface area contributed by atoms with E-state index in [0.717, 1.165) is 11.5 Å². The molecule has 0 spiro atoms. The van der Waals surface area contributed by atoms with Crippen molar-refractivity contribution in [1.82, 2.24) is 0 Å². The predicted molar refractivity (Wildman–Crippen MR) is 78.0 cm³/mol. The Bertz CT molecular complexity index is 696. The van der Waals surface area contributed by atoms with E-state index in [1.54, 1.807) is 18.2 Å². The first-order valence-corrected chi connectivity index (χ1v) is 6.85. The van der Waals surface area contributed by atoms with E-state index in [4.69, 9.17) is 31.1 Å². The van der Waals surface area contributed by atoms with E-state index >= 15 is 0 Å².